The predicted octanol–water partition coefficient (Wildman–Crippen LogP) is 3.03. The SMILES string of the molecule is CCc1ccc(C=Nc2ccc(S(=O)(=O)N3CCOCC3)cc2OC)cc1. The molecule has 7 heteroatoms. The minimum absolute atomic E-state index is 0.201. The molecule has 0 spiro atoms. The number of sulfonamides is 1. The third-order valence-electron chi connectivity index (χ3n) is 4.50. The highest BCUT2D eigenvalue weighted by Crippen LogP contribution is 2.31. The standard InChI is InChI=1S/C20H24N2O4S/c1-3-16-4-6-17(7-5-16)15-21-19-9-8-18(14-20(19)25-2)27(23,24)22-10-12-26-13-11-22/h4-9,14-15H,3,10-13H2,1-2H3. The van der Waals surface area contributed by atoms with Gasteiger partial charge in [-0.05, 0) is 29.7 Å². The summed E-state index contributed by atoms with van der Waals surface area (Å²) in [5.41, 5.74) is 2.82. The molecule has 1 fully saturated rings. The zero-order valence-electron chi connectivity index (χ0n) is 15.6. The largest absolute Gasteiger partial charge is 0.494 e. The molecule has 3 rings (SSSR count). The molecular formula is C20H24N2O4S. The summed E-state index contributed by atoms with van der Waals surface area (Å²) in [6.07, 6.45) is 2.73. The van der Waals surface area contributed by atoms with Gasteiger partial charge in [-0.2, -0.15) is 4.31 Å². The monoisotopic (exact) mass is 388 g/mol. The number of benzene rings is 2. The first-order valence-electron chi connectivity index (χ1n) is 8.93. The Morgan fingerprint density at radius 2 is 1.85 bits per heavy atom. The number of hydrogen-bond donors (Lipinski definition) is 0. The average molecular weight is 388 g/mol. The van der Waals surface area contributed by atoms with E-state index in [0.29, 0.717) is 37.7 Å². The number of methoxy groups -OCH3 is 1. The zero-order valence-corrected chi connectivity index (χ0v) is 16.4. The lowest BCUT2D eigenvalue weighted by Gasteiger charge is -2.26. The van der Waals surface area contributed by atoms with Crippen molar-refractivity contribution in [3.63, 3.8) is 0 Å². The number of aryl methyl sites for hydroxylation is 1. The van der Waals surface area contributed by atoms with Crippen molar-refractivity contribution in [3.8, 4) is 5.75 Å². The van der Waals surface area contributed by atoms with Gasteiger partial charge in [-0.1, -0.05) is 31.2 Å². The molecule has 0 aliphatic carbocycles. The fourth-order valence-corrected chi connectivity index (χ4v) is 4.27. The summed E-state index contributed by atoms with van der Waals surface area (Å²) in [6, 6.07) is 12.9. The maximum absolute atomic E-state index is 12.8. The second kappa shape index (κ2) is 8.65. The van der Waals surface area contributed by atoms with E-state index in [1.165, 1.54) is 23.0 Å². The first-order chi connectivity index (χ1) is 13.0. The Balaban J connectivity index is 1.84. The van der Waals surface area contributed by atoms with Gasteiger partial charge in [0.25, 0.3) is 0 Å². The van der Waals surface area contributed by atoms with Crippen LogP contribution in [0.5, 0.6) is 5.75 Å². The molecule has 0 unspecified atom stereocenters. The second-order valence-corrected chi connectivity index (χ2v) is 8.14. The van der Waals surface area contributed by atoms with E-state index in [-0.39, 0.29) is 4.90 Å². The molecular weight excluding hydrogens is 364 g/mol. The molecule has 0 bridgehead atoms. The summed E-state index contributed by atoms with van der Waals surface area (Å²) in [6.45, 7) is 3.65. The first-order valence-corrected chi connectivity index (χ1v) is 10.4. The van der Waals surface area contributed by atoms with Gasteiger partial charge in [0.05, 0.1) is 25.2 Å². The van der Waals surface area contributed by atoms with E-state index < -0.39 is 10.0 Å². The molecule has 0 amide bonds. The van der Waals surface area contributed by atoms with Crippen LogP contribution in [0.3, 0.4) is 0 Å². The van der Waals surface area contributed by atoms with Crippen LogP contribution in [0.2, 0.25) is 0 Å². The van der Waals surface area contributed by atoms with Crippen LogP contribution >= 0.6 is 0 Å². The van der Waals surface area contributed by atoms with E-state index in [1.807, 2.05) is 12.1 Å². The average Bonchev–Trinajstić information content (AvgIpc) is 2.73. The molecule has 2 aromatic carbocycles. The van der Waals surface area contributed by atoms with Gasteiger partial charge in [0.15, 0.2) is 0 Å². The fourth-order valence-electron chi connectivity index (χ4n) is 2.84. The Kier molecular flexibility index (Phi) is 6.26. The van der Waals surface area contributed by atoms with Gasteiger partial charge in [0, 0.05) is 25.4 Å². The number of ether oxygens (including phenoxy) is 2. The van der Waals surface area contributed by atoms with Crippen LogP contribution in [0, 0.1) is 0 Å². The van der Waals surface area contributed by atoms with Crippen molar-refractivity contribution in [2.24, 2.45) is 4.99 Å². The van der Waals surface area contributed by atoms with Gasteiger partial charge in [0.1, 0.15) is 11.4 Å². The van der Waals surface area contributed by atoms with Crippen LogP contribution in [-0.4, -0.2) is 52.4 Å². The zero-order chi connectivity index (χ0) is 19.3. The lowest BCUT2D eigenvalue weighted by molar-refractivity contribution is 0.0730. The minimum Gasteiger partial charge on any atom is -0.494 e. The highest BCUT2D eigenvalue weighted by molar-refractivity contribution is 7.89. The molecule has 0 radical (unpaired) electrons. The molecule has 27 heavy (non-hydrogen) atoms. The Labute approximate surface area is 160 Å². The lowest BCUT2D eigenvalue weighted by atomic mass is 10.1. The van der Waals surface area contributed by atoms with Crippen molar-refractivity contribution in [1.29, 1.82) is 0 Å². The van der Waals surface area contributed by atoms with Gasteiger partial charge in [-0.15, -0.1) is 0 Å². The molecule has 1 aliphatic heterocycles. The Bertz CT molecular complexity index is 902. The fraction of sp³-hybridized carbons (Fsp3) is 0.350. The molecule has 0 N–H and O–H groups in total. The van der Waals surface area contributed by atoms with Crippen molar-refractivity contribution >= 4 is 21.9 Å². The minimum atomic E-state index is -3.56. The van der Waals surface area contributed by atoms with Gasteiger partial charge in [-0.3, -0.25) is 4.99 Å². The van der Waals surface area contributed by atoms with Crippen molar-refractivity contribution in [2.45, 2.75) is 18.2 Å². The van der Waals surface area contributed by atoms with Crippen molar-refractivity contribution < 1.29 is 17.9 Å². The van der Waals surface area contributed by atoms with E-state index in [1.54, 1.807) is 18.3 Å². The summed E-state index contributed by atoms with van der Waals surface area (Å²) >= 11 is 0. The maximum Gasteiger partial charge on any atom is 0.243 e. The summed E-state index contributed by atoms with van der Waals surface area (Å²) in [5, 5.41) is 0. The Morgan fingerprint density at radius 3 is 2.48 bits per heavy atom. The summed E-state index contributed by atoms with van der Waals surface area (Å²) < 4.78 is 37.6. The third-order valence-corrected chi connectivity index (χ3v) is 6.39. The van der Waals surface area contributed by atoms with E-state index >= 15 is 0 Å². The van der Waals surface area contributed by atoms with Crippen molar-refractivity contribution in [1.82, 2.24) is 4.31 Å². The van der Waals surface area contributed by atoms with Gasteiger partial charge < -0.3 is 9.47 Å². The molecule has 1 aliphatic rings. The second-order valence-electron chi connectivity index (χ2n) is 6.20. The predicted molar refractivity (Wildman–Crippen MR) is 106 cm³/mol. The molecule has 0 saturated carbocycles. The van der Waals surface area contributed by atoms with Crippen LogP contribution < -0.4 is 4.74 Å². The normalized spacial score (nSPS) is 15.9. The van der Waals surface area contributed by atoms with Crippen LogP contribution in [0.4, 0.5) is 5.69 Å². The highest BCUT2D eigenvalue weighted by Gasteiger charge is 2.27. The summed E-state index contributed by atoms with van der Waals surface area (Å²) in [4.78, 5) is 4.66. The van der Waals surface area contributed by atoms with Gasteiger partial charge >= 0.3 is 0 Å². The molecule has 1 heterocycles. The molecule has 144 valence electrons. The number of aliphatic imine (C=N–C) groups is 1. The van der Waals surface area contributed by atoms with Gasteiger partial charge in [0.2, 0.25) is 10.0 Å². The Hall–Kier alpha value is -2.22. The quantitative estimate of drug-likeness (QED) is 0.714. The van der Waals surface area contributed by atoms with Crippen LogP contribution in [0.15, 0.2) is 52.4 Å². The van der Waals surface area contributed by atoms with Gasteiger partial charge in [-0.25, -0.2) is 8.42 Å². The maximum atomic E-state index is 12.8. The number of nitrogens with zero attached hydrogens (tertiary/aromatic N) is 2. The number of rotatable bonds is 6. The molecule has 0 aromatic heterocycles. The molecule has 1 saturated heterocycles. The highest BCUT2D eigenvalue weighted by atomic mass is 32.2. The van der Waals surface area contributed by atoms with Crippen molar-refractivity contribution in [2.75, 3.05) is 33.4 Å². The van der Waals surface area contributed by atoms with E-state index in [0.717, 1.165) is 12.0 Å². The topological polar surface area (TPSA) is 68.2 Å². The lowest BCUT2D eigenvalue weighted by Crippen LogP contribution is -2.40. The van der Waals surface area contributed by atoms with Crippen molar-refractivity contribution in [3.05, 3.63) is 53.6 Å². The third kappa shape index (κ3) is 4.55. The first kappa shape index (κ1) is 19.5. The van der Waals surface area contributed by atoms with Crippen LogP contribution in [-0.2, 0) is 21.2 Å². The molecule has 6 nitrogen and oxygen atoms in total. The van der Waals surface area contributed by atoms with Crippen LogP contribution in [0.1, 0.15) is 18.1 Å². The molecule has 2 aromatic rings. The molecule has 0 atom stereocenters. The number of morpholine rings is 1. The van der Waals surface area contributed by atoms with Crippen LogP contribution in [0.25, 0.3) is 0 Å². The smallest absolute Gasteiger partial charge is 0.243 e. The number of hydrogen-bond acceptors (Lipinski definition) is 5. The summed E-state index contributed by atoms with van der Waals surface area (Å²) in [7, 11) is -2.06. The van der Waals surface area contributed by atoms with E-state index in [4.69, 9.17) is 9.47 Å². The van der Waals surface area contributed by atoms with E-state index in [9.17, 15) is 8.42 Å². The summed E-state index contributed by atoms with van der Waals surface area (Å²) in [5.74, 6) is 0.422. The van der Waals surface area contributed by atoms with E-state index in [2.05, 4.69) is 24.0 Å². The Morgan fingerprint density at radius 1 is 1.15 bits per heavy atom.